The van der Waals surface area contributed by atoms with E-state index in [2.05, 4.69) is 0 Å². The molecular weight excluding hydrogens is 300 g/mol. The van der Waals surface area contributed by atoms with Crippen molar-refractivity contribution in [1.29, 1.82) is 0 Å². The van der Waals surface area contributed by atoms with Crippen molar-refractivity contribution in [3.05, 3.63) is 41.7 Å². The Morgan fingerprint density at radius 3 is 2.43 bits per heavy atom. The van der Waals surface area contributed by atoms with Gasteiger partial charge in [-0.3, -0.25) is 0 Å². The van der Waals surface area contributed by atoms with Gasteiger partial charge in [0.15, 0.2) is 0 Å². The minimum atomic E-state index is -0.637. The monoisotopic (exact) mass is 318 g/mol. The third-order valence-corrected chi connectivity index (χ3v) is 3.10. The van der Waals surface area contributed by atoms with Gasteiger partial charge in [-0.2, -0.15) is 0 Å². The van der Waals surface area contributed by atoms with E-state index in [1.807, 2.05) is 0 Å². The van der Waals surface area contributed by atoms with Crippen molar-refractivity contribution in [3.8, 4) is 17.1 Å². The standard InChI is InChI=1S/C17H18O6/c1-4-21-16(18)13-10-23-15(14(13)17(19)22-5-2)11-7-6-8-12(9-11)20-3/h6-10H,4-5H2,1-3H3. The Balaban J connectivity index is 2.54. The molecule has 2 rings (SSSR count). The van der Waals surface area contributed by atoms with Gasteiger partial charge in [0.25, 0.3) is 0 Å². The first-order chi connectivity index (χ1) is 11.1. The maximum Gasteiger partial charge on any atom is 0.342 e. The summed E-state index contributed by atoms with van der Waals surface area (Å²) in [6.45, 7) is 3.75. The molecule has 6 heteroatoms. The van der Waals surface area contributed by atoms with Gasteiger partial charge in [-0.15, -0.1) is 0 Å². The largest absolute Gasteiger partial charge is 0.497 e. The molecule has 1 aromatic carbocycles. The predicted molar refractivity (Wildman–Crippen MR) is 82.6 cm³/mol. The molecule has 1 aromatic heterocycles. The molecule has 2 aromatic rings. The molecule has 0 bridgehead atoms. The van der Waals surface area contributed by atoms with Gasteiger partial charge >= 0.3 is 11.9 Å². The molecule has 0 atom stereocenters. The zero-order chi connectivity index (χ0) is 16.8. The average molecular weight is 318 g/mol. The van der Waals surface area contributed by atoms with Gasteiger partial charge in [0.2, 0.25) is 0 Å². The molecule has 0 spiro atoms. The Labute approximate surface area is 134 Å². The van der Waals surface area contributed by atoms with Gasteiger partial charge in [-0.25, -0.2) is 9.59 Å². The molecule has 23 heavy (non-hydrogen) atoms. The van der Waals surface area contributed by atoms with Crippen molar-refractivity contribution in [2.45, 2.75) is 13.8 Å². The summed E-state index contributed by atoms with van der Waals surface area (Å²) in [4.78, 5) is 24.3. The van der Waals surface area contributed by atoms with Crippen LogP contribution in [0.3, 0.4) is 0 Å². The van der Waals surface area contributed by atoms with Crippen LogP contribution in [0.25, 0.3) is 11.3 Å². The second-order valence-electron chi connectivity index (χ2n) is 4.53. The van der Waals surface area contributed by atoms with E-state index in [0.717, 1.165) is 0 Å². The van der Waals surface area contributed by atoms with Gasteiger partial charge in [0.1, 0.15) is 28.9 Å². The molecule has 6 nitrogen and oxygen atoms in total. The predicted octanol–water partition coefficient (Wildman–Crippen LogP) is 3.31. The summed E-state index contributed by atoms with van der Waals surface area (Å²) < 4.78 is 20.6. The lowest BCUT2D eigenvalue weighted by Gasteiger charge is -2.07. The second kappa shape index (κ2) is 7.49. The first kappa shape index (κ1) is 16.6. The lowest BCUT2D eigenvalue weighted by molar-refractivity contribution is 0.0481. The second-order valence-corrected chi connectivity index (χ2v) is 4.53. The fourth-order valence-corrected chi connectivity index (χ4v) is 2.10. The Hall–Kier alpha value is -2.76. The molecule has 0 aliphatic rings. The van der Waals surface area contributed by atoms with E-state index in [4.69, 9.17) is 18.6 Å². The first-order valence-corrected chi connectivity index (χ1v) is 7.22. The van der Waals surface area contributed by atoms with Crippen LogP contribution < -0.4 is 4.74 Å². The van der Waals surface area contributed by atoms with Gasteiger partial charge in [0.05, 0.1) is 20.3 Å². The van der Waals surface area contributed by atoms with Crippen LogP contribution >= 0.6 is 0 Å². The normalized spacial score (nSPS) is 10.2. The molecule has 0 aliphatic heterocycles. The zero-order valence-electron chi connectivity index (χ0n) is 13.3. The maximum absolute atomic E-state index is 12.3. The van der Waals surface area contributed by atoms with Crippen LogP contribution in [-0.2, 0) is 9.47 Å². The fourth-order valence-electron chi connectivity index (χ4n) is 2.10. The van der Waals surface area contributed by atoms with Crippen molar-refractivity contribution >= 4 is 11.9 Å². The molecule has 0 saturated heterocycles. The lowest BCUT2D eigenvalue weighted by Crippen LogP contribution is -2.12. The third-order valence-electron chi connectivity index (χ3n) is 3.10. The molecule has 0 radical (unpaired) electrons. The van der Waals surface area contributed by atoms with Crippen molar-refractivity contribution in [2.75, 3.05) is 20.3 Å². The molecule has 122 valence electrons. The smallest absolute Gasteiger partial charge is 0.342 e. The molecule has 0 unspecified atom stereocenters. The Kier molecular flexibility index (Phi) is 5.41. The number of hydrogen-bond acceptors (Lipinski definition) is 6. The zero-order valence-corrected chi connectivity index (χ0v) is 13.3. The number of ether oxygens (including phenoxy) is 3. The van der Waals surface area contributed by atoms with Crippen LogP contribution in [0, 0.1) is 0 Å². The van der Waals surface area contributed by atoms with E-state index in [1.165, 1.54) is 13.4 Å². The van der Waals surface area contributed by atoms with E-state index >= 15 is 0 Å². The quantitative estimate of drug-likeness (QED) is 0.761. The summed E-state index contributed by atoms with van der Waals surface area (Å²) >= 11 is 0. The topological polar surface area (TPSA) is 75.0 Å². The minimum absolute atomic E-state index is 0.0446. The van der Waals surface area contributed by atoms with E-state index in [-0.39, 0.29) is 30.1 Å². The van der Waals surface area contributed by atoms with Crippen molar-refractivity contribution < 1.29 is 28.2 Å². The number of hydrogen-bond donors (Lipinski definition) is 0. The van der Waals surface area contributed by atoms with Gasteiger partial charge in [-0.1, -0.05) is 12.1 Å². The minimum Gasteiger partial charge on any atom is -0.497 e. The highest BCUT2D eigenvalue weighted by Gasteiger charge is 2.28. The average Bonchev–Trinajstić information content (AvgIpc) is 3.00. The molecule has 1 heterocycles. The lowest BCUT2D eigenvalue weighted by atomic mass is 10.1. The summed E-state index contributed by atoms with van der Waals surface area (Å²) in [7, 11) is 1.54. The number of methoxy groups -OCH3 is 1. The van der Waals surface area contributed by atoms with Gasteiger partial charge in [0, 0.05) is 5.56 Å². The van der Waals surface area contributed by atoms with Crippen LogP contribution in [0.1, 0.15) is 34.6 Å². The van der Waals surface area contributed by atoms with Crippen LogP contribution in [0.15, 0.2) is 34.9 Å². The summed E-state index contributed by atoms with van der Waals surface area (Å²) in [6, 6.07) is 6.98. The van der Waals surface area contributed by atoms with E-state index < -0.39 is 11.9 Å². The fraction of sp³-hybridized carbons (Fsp3) is 0.294. The summed E-state index contributed by atoms with van der Waals surface area (Å²) in [5, 5.41) is 0. The highest BCUT2D eigenvalue weighted by atomic mass is 16.5. The SMILES string of the molecule is CCOC(=O)c1coc(-c2cccc(OC)c2)c1C(=O)OCC. The Morgan fingerprint density at radius 1 is 1.09 bits per heavy atom. The maximum atomic E-state index is 12.3. The molecule has 0 N–H and O–H groups in total. The molecular formula is C17H18O6. The van der Waals surface area contributed by atoms with Crippen molar-refractivity contribution in [3.63, 3.8) is 0 Å². The van der Waals surface area contributed by atoms with E-state index in [1.54, 1.807) is 38.1 Å². The van der Waals surface area contributed by atoms with E-state index in [9.17, 15) is 9.59 Å². The highest BCUT2D eigenvalue weighted by Crippen LogP contribution is 2.31. The van der Waals surface area contributed by atoms with Crippen LogP contribution in [0.2, 0.25) is 0 Å². The molecule has 0 saturated carbocycles. The van der Waals surface area contributed by atoms with E-state index in [0.29, 0.717) is 11.3 Å². The van der Waals surface area contributed by atoms with Gasteiger partial charge < -0.3 is 18.6 Å². The number of rotatable bonds is 6. The molecule has 0 amide bonds. The van der Waals surface area contributed by atoms with Crippen molar-refractivity contribution in [1.82, 2.24) is 0 Å². The number of benzene rings is 1. The number of carbonyl (C=O) groups is 2. The van der Waals surface area contributed by atoms with Crippen LogP contribution in [-0.4, -0.2) is 32.3 Å². The summed E-state index contributed by atoms with van der Waals surface area (Å²) in [5.74, 6) is -0.424. The highest BCUT2D eigenvalue weighted by molar-refractivity contribution is 6.07. The number of furan rings is 1. The number of carbonyl (C=O) groups excluding carboxylic acids is 2. The number of esters is 2. The van der Waals surface area contributed by atoms with Crippen molar-refractivity contribution in [2.24, 2.45) is 0 Å². The molecule has 0 aliphatic carbocycles. The summed E-state index contributed by atoms with van der Waals surface area (Å²) in [6.07, 6.45) is 1.21. The van der Waals surface area contributed by atoms with Gasteiger partial charge in [-0.05, 0) is 26.0 Å². The third kappa shape index (κ3) is 3.53. The Morgan fingerprint density at radius 2 is 1.78 bits per heavy atom. The van der Waals surface area contributed by atoms with Crippen LogP contribution in [0.5, 0.6) is 5.75 Å². The van der Waals surface area contributed by atoms with Crippen LogP contribution in [0.4, 0.5) is 0 Å². The molecule has 0 fully saturated rings. The Bertz CT molecular complexity index is 701. The summed E-state index contributed by atoms with van der Waals surface area (Å²) in [5.41, 5.74) is 0.699. The first-order valence-electron chi connectivity index (χ1n) is 7.22.